The van der Waals surface area contributed by atoms with Gasteiger partial charge in [0.2, 0.25) is 0 Å². The number of rotatable bonds is 2. The first-order valence-electron chi connectivity index (χ1n) is 3.64. The highest BCUT2D eigenvalue weighted by atomic mass is 32.1. The zero-order chi connectivity index (χ0) is 8.23. The second kappa shape index (κ2) is 3.36. The van der Waals surface area contributed by atoms with E-state index in [0.717, 1.165) is 11.4 Å². The van der Waals surface area contributed by atoms with Crippen LogP contribution in [0, 0.1) is 0 Å². The molecule has 0 aliphatic heterocycles. The molecule has 3 heteroatoms. The second-order valence-electron chi connectivity index (χ2n) is 2.37. The summed E-state index contributed by atoms with van der Waals surface area (Å²) >= 11 is 1.68. The summed E-state index contributed by atoms with van der Waals surface area (Å²) in [4.78, 5) is 3.94. The molecule has 2 aromatic heterocycles. The minimum atomic E-state index is 1.07. The number of pyridine rings is 1. The minimum Gasteiger partial charge on any atom is -0.355 e. The van der Waals surface area contributed by atoms with E-state index in [2.05, 4.69) is 15.7 Å². The van der Waals surface area contributed by atoms with Gasteiger partial charge in [-0.2, -0.15) is 11.3 Å². The standard InChI is InChI=1S/C9H8N2S/c1-4-10-5-2-8(1)11-9-3-6-12-7-9/h1-7H,(H,10,11). The van der Waals surface area contributed by atoms with Crippen LogP contribution >= 0.6 is 11.3 Å². The number of anilines is 2. The molecule has 2 nitrogen and oxygen atoms in total. The Bertz CT molecular complexity index is 329. The molecule has 0 aromatic carbocycles. The van der Waals surface area contributed by atoms with Crippen molar-refractivity contribution in [2.45, 2.75) is 0 Å². The van der Waals surface area contributed by atoms with Crippen LogP contribution in [0.4, 0.5) is 11.4 Å². The van der Waals surface area contributed by atoms with E-state index >= 15 is 0 Å². The van der Waals surface area contributed by atoms with Gasteiger partial charge < -0.3 is 5.32 Å². The molecule has 2 aromatic rings. The number of nitrogens with zero attached hydrogens (tertiary/aromatic N) is 1. The molecule has 12 heavy (non-hydrogen) atoms. The first kappa shape index (κ1) is 7.31. The number of hydrogen-bond donors (Lipinski definition) is 1. The van der Waals surface area contributed by atoms with Crippen LogP contribution in [0.2, 0.25) is 0 Å². The summed E-state index contributed by atoms with van der Waals surface area (Å²) in [5.74, 6) is 0. The molecule has 1 N–H and O–H groups in total. The molecule has 0 amide bonds. The van der Waals surface area contributed by atoms with E-state index in [9.17, 15) is 0 Å². The molecule has 0 aliphatic carbocycles. The lowest BCUT2D eigenvalue weighted by Crippen LogP contribution is -1.86. The van der Waals surface area contributed by atoms with Gasteiger partial charge in [-0.05, 0) is 23.6 Å². The van der Waals surface area contributed by atoms with Gasteiger partial charge in [0.05, 0.1) is 0 Å². The SMILES string of the molecule is c1cc(Nc2ccsc2)ccn1. The lowest BCUT2D eigenvalue weighted by atomic mass is 10.4. The number of hydrogen-bond acceptors (Lipinski definition) is 3. The molecular weight excluding hydrogens is 168 g/mol. The molecule has 0 atom stereocenters. The van der Waals surface area contributed by atoms with E-state index in [-0.39, 0.29) is 0 Å². The average Bonchev–Trinajstić information content (AvgIpc) is 2.59. The summed E-state index contributed by atoms with van der Waals surface area (Å²) < 4.78 is 0. The predicted molar refractivity (Wildman–Crippen MR) is 51.8 cm³/mol. The number of thiophene rings is 1. The average molecular weight is 176 g/mol. The highest BCUT2D eigenvalue weighted by Gasteiger charge is 1.91. The predicted octanol–water partition coefficient (Wildman–Crippen LogP) is 2.89. The van der Waals surface area contributed by atoms with Crippen molar-refractivity contribution in [3.8, 4) is 0 Å². The Balaban J connectivity index is 2.15. The minimum absolute atomic E-state index is 1.07. The van der Waals surface area contributed by atoms with Crippen molar-refractivity contribution in [1.29, 1.82) is 0 Å². The fraction of sp³-hybridized carbons (Fsp3) is 0. The Kier molecular flexibility index (Phi) is 2.05. The van der Waals surface area contributed by atoms with Crippen molar-refractivity contribution in [3.05, 3.63) is 41.4 Å². The van der Waals surface area contributed by atoms with E-state index in [4.69, 9.17) is 0 Å². The Labute approximate surface area is 74.9 Å². The van der Waals surface area contributed by atoms with Crippen LogP contribution in [0.15, 0.2) is 41.4 Å². The maximum atomic E-state index is 3.94. The van der Waals surface area contributed by atoms with Gasteiger partial charge in [-0.25, -0.2) is 0 Å². The summed E-state index contributed by atoms with van der Waals surface area (Å²) in [7, 11) is 0. The number of aromatic nitrogens is 1. The van der Waals surface area contributed by atoms with Crippen LogP contribution in [0.5, 0.6) is 0 Å². The second-order valence-corrected chi connectivity index (χ2v) is 3.15. The molecule has 0 saturated carbocycles. The summed E-state index contributed by atoms with van der Waals surface area (Å²) in [6.45, 7) is 0. The van der Waals surface area contributed by atoms with Crippen LogP contribution in [-0.4, -0.2) is 4.98 Å². The topological polar surface area (TPSA) is 24.9 Å². The van der Waals surface area contributed by atoms with Gasteiger partial charge in [0, 0.05) is 29.1 Å². The third kappa shape index (κ3) is 1.62. The van der Waals surface area contributed by atoms with Crippen molar-refractivity contribution in [2.75, 3.05) is 5.32 Å². The highest BCUT2D eigenvalue weighted by molar-refractivity contribution is 7.08. The van der Waals surface area contributed by atoms with Crippen LogP contribution in [0.25, 0.3) is 0 Å². The van der Waals surface area contributed by atoms with Crippen LogP contribution in [0.1, 0.15) is 0 Å². The molecule has 0 aliphatic rings. The third-order valence-electron chi connectivity index (χ3n) is 1.49. The lowest BCUT2D eigenvalue weighted by Gasteiger charge is -2.01. The zero-order valence-electron chi connectivity index (χ0n) is 6.40. The largest absolute Gasteiger partial charge is 0.355 e. The first-order valence-corrected chi connectivity index (χ1v) is 4.59. The Hall–Kier alpha value is -1.35. The van der Waals surface area contributed by atoms with E-state index in [1.165, 1.54) is 0 Å². The molecule has 0 saturated heterocycles. The van der Waals surface area contributed by atoms with Gasteiger partial charge >= 0.3 is 0 Å². The molecule has 0 spiro atoms. The van der Waals surface area contributed by atoms with Gasteiger partial charge in [0.15, 0.2) is 0 Å². The fourth-order valence-corrected chi connectivity index (χ4v) is 1.53. The van der Waals surface area contributed by atoms with Crippen molar-refractivity contribution in [1.82, 2.24) is 4.98 Å². The van der Waals surface area contributed by atoms with Crippen LogP contribution < -0.4 is 5.32 Å². The Morgan fingerprint density at radius 2 is 1.92 bits per heavy atom. The first-order chi connectivity index (χ1) is 5.95. The van der Waals surface area contributed by atoms with Gasteiger partial charge in [0.25, 0.3) is 0 Å². The molecule has 2 rings (SSSR count). The Morgan fingerprint density at radius 1 is 1.08 bits per heavy atom. The number of nitrogens with one attached hydrogen (secondary N) is 1. The highest BCUT2D eigenvalue weighted by Crippen LogP contribution is 2.17. The van der Waals surface area contributed by atoms with Gasteiger partial charge in [0.1, 0.15) is 0 Å². The quantitative estimate of drug-likeness (QED) is 0.761. The van der Waals surface area contributed by atoms with E-state index in [1.807, 2.05) is 23.6 Å². The maximum Gasteiger partial charge on any atom is 0.0492 e. The Morgan fingerprint density at radius 3 is 2.58 bits per heavy atom. The summed E-state index contributed by atoms with van der Waals surface area (Å²) in [5, 5.41) is 7.37. The molecular formula is C9H8N2S. The third-order valence-corrected chi connectivity index (χ3v) is 2.17. The lowest BCUT2D eigenvalue weighted by molar-refractivity contribution is 1.33. The van der Waals surface area contributed by atoms with Crippen LogP contribution in [0.3, 0.4) is 0 Å². The summed E-state index contributed by atoms with van der Waals surface area (Å²) in [6.07, 6.45) is 3.55. The van der Waals surface area contributed by atoms with Crippen molar-refractivity contribution in [2.24, 2.45) is 0 Å². The van der Waals surface area contributed by atoms with Gasteiger partial charge in [-0.3, -0.25) is 4.98 Å². The molecule has 0 bridgehead atoms. The molecule has 0 unspecified atom stereocenters. The van der Waals surface area contributed by atoms with E-state index in [0.29, 0.717) is 0 Å². The molecule has 0 radical (unpaired) electrons. The van der Waals surface area contributed by atoms with Crippen molar-refractivity contribution < 1.29 is 0 Å². The normalized spacial score (nSPS) is 9.67. The fourth-order valence-electron chi connectivity index (χ4n) is 0.938. The summed E-state index contributed by atoms with van der Waals surface area (Å²) in [5.41, 5.74) is 2.20. The zero-order valence-corrected chi connectivity index (χ0v) is 7.21. The van der Waals surface area contributed by atoms with Crippen LogP contribution in [-0.2, 0) is 0 Å². The maximum absolute atomic E-state index is 3.94. The molecule has 0 fully saturated rings. The van der Waals surface area contributed by atoms with E-state index in [1.54, 1.807) is 23.7 Å². The van der Waals surface area contributed by atoms with Gasteiger partial charge in [-0.15, -0.1) is 0 Å². The van der Waals surface area contributed by atoms with Gasteiger partial charge in [-0.1, -0.05) is 0 Å². The molecule has 60 valence electrons. The van der Waals surface area contributed by atoms with E-state index < -0.39 is 0 Å². The van der Waals surface area contributed by atoms with Crippen molar-refractivity contribution >= 4 is 22.7 Å². The molecule has 2 heterocycles. The van der Waals surface area contributed by atoms with Crippen molar-refractivity contribution in [3.63, 3.8) is 0 Å². The monoisotopic (exact) mass is 176 g/mol. The smallest absolute Gasteiger partial charge is 0.0492 e. The summed E-state index contributed by atoms with van der Waals surface area (Å²) in [6, 6.07) is 5.93.